The SMILES string of the molecule is CCOc1cc(NC[C@H](O)C(C)(C)C)ncn1. The Balaban J connectivity index is 2.54. The van der Waals surface area contributed by atoms with E-state index in [4.69, 9.17) is 4.74 Å². The van der Waals surface area contributed by atoms with Gasteiger partial charge < -0.3 is 15.2 Å². The summed E-state index contributed by atoms with van der Waals surface area (Å²) in [6, 6.07) is 1.72. The summed E-state index contributed by atoms with van der Waals surface area (Å²) in [5.74, 6) is 1.20. The summed E-state index contributed by atoms with van der Waals surface area (Å²) < 4.78 is 5.27. The van der Waals surface area contributed by atoms with Crippen LogP contribution < -0.4 is 10.1 Å². The van der Waals surface area contributed by atoms with Gasteiger partial charge in [-0.2, -0.15) is 0 Å². The standard InChI is InChI=1S/C12H21N3O2/c1-5-17-11-6-10(14-8-15-11)13-7-9(16)12(2,3)4/h6,8-9,16H,5,7H2,1-4H3,(H,13,14,15)/t9-/m0/s1. The average Bonchev–Trinajstić information content (AvgIpc) is 2.25. The van der Waals surface area contributed by atoms with Gasteiger partial charge in [-0.05, 0) is 12.3 Å². The third kappa shape index (κ3) is 4.56. The van der Waals surface area contributed by atoms with Gasteiger partial charge in [0.15, 0.2) is 0 Å². The molecule has 0 unspecified atom stereocenters. The highest BCUT2D eigenvalue weighted by atomic mass is 16.5. The van der Waals surface area contributed by atoms with Gasteiger partial charge in [0.05, 0.1) is 12.7 Å². The average molecular weight is 239 g/mol. The van der Waals surface area contributed by atoms with Crippen molar-refractivity contribution in [3.8, 4) is 5.88 Å². The predicted molar refractivity (Wildman–Crippen MR) is 67.2 cm³/mol. The molecule has 0 aliphatic rings. The van der Waals surface area contributed by atoms with Crippen LogP contribution in [-0.2, 0) is 0 Å². The minimum atomic E-state index is -0.437. The van der Waals surface area contributed by atoms with E-state index in [2.05, 4.69) is 15.3 Å². The Kier molecular flexibility index (Phi) is 4.69. The van der Waals surface area contributed by atoms with E-state index in [0.717, 1.165) is 0 Å². The van der Waals surface area contributed by atoms with Gasteiger partial charge in [-0.1, -0.05) is 20.8 Å². The van der Waals surface area contributed by atoms with Crippen LogP contribution >= 0.6 is 0 Å². The van der Waals surface area contributed by atoms with E-state index in [9.17, 15) is 5.11 Å². The molecule has 5 nitrogen and oxygen atoms in total. The van der Waals surface area contributed by atoms with Crippen LogP contribution in [0, 0.1) is 5.41 Å². The van der Waals surface area contributed by atoms with Crippen molar-refractivity contribution >= 4 is 5.82 Å². The first-order valence-electron chi connectivity index (χ1n) is 5.80. The van der Waals surface area contributed by atoms with E-state index in [-0.39, 0.29) is 5.41 Å². The summed E-state index contributed by atoms with van der Waals surface area (Å²) in [5.41, 5.74) is -0.150. The lowest BCUT2D eigenvalue weighted by molar-refractivity contribution is 0.0745. The highest BCUT2D eigenvalue weighted by molar-refractivity contribution is 5.37. The first-order chi connectivity index (χ1) is 7.93. The molecule has 0 amide bonds. The second-order valence-electron chi connectivity index (χ2n) is 4.94. The van der Waals surface area contributed by atoms with Gasteiger partial charge in [-0.3, -0.25) is 0 Å². The molecular formula is C12H21N3O2. The fraction of sp³-hybridized carbons (Fsp3) is 0.667. The molecular weight excluding hydrogens is 218 g/mol. The van der Waals surface area contributed by atoms with Crippen molar-refractivity contribution in [3.05, 3.63) is 12.4 Å². The number of aromatic nitrogens is 2. The first-order valence-corrected chi connectivity index (χ1v) is 5.80. The number of ether oxygens (including phenoxy) is 1. The molecule has 0 aliphatic heterocycles. The maximum atomic E-state index is 9.88. The van der Waals surface area contributed by atoms with Crippen LogP contribution in [-0.4, -0.2) is 34.3 Å². The molecule has 1 rings (SSSR count). The molecule has 2 N–H and O–H groups in total. The zero-order valence-corrected chi connectivity index (χ0v) is 10.9. The number of hydrogen-bond donors (Lipinski definition) is 2. The van der Waals surface area contributed by atoms with Gasteiger partial charge in [-0.15, -0.1) is 0 Å². The number of rotatable bonds is 5. The van der Waals surface area contributed by atoms with E-state index >= 15 is 0 Å². The number of hydrogen-bond acceptors (Lipinski definition) is 5. The highest BCUT2D eigenvalue weighted by Crippen LogP contribution is 2.19. The number of aliphatic hydroxyl groups excluding tert-OH is 1. The molecule has 96 valence electrons. The van der Waals surface area contributed by atoms with Gasteiger partial charge in [0.2, 0.25) is 5.88 Å². The third-order valence-corrected chi connectivity index (χ3v) is 2.41. The fourth-order valence-electron chi connectivity index (χ4n) is 1.17. The van der Waals surface area contributed by atoms with Gasteiger partial charge in [0.1, 0.15) is 12.1 Å². The van der Waals surface area contributed by atoms with Crippen LogP contribution in [0.2, 0.25) is 0 Å². The molecule has 1 aromatic heterocycles. The van der Waals surface area contributed by atoms with Gasteiger partial charge in [-0.25, -0.2) is 9.97 Å². The van der Waals surface area contributed by atoms with Crippen molar-refractivity contribution in [3.63, 3.8) is 0 Å². The lowest BCUT2D eigenvalue weighted by atomic mass is 9.89. The van der Waals surface area contributed by atoms with Crippen molar-refractivity contribution in [1.82, 2.24) is 9.97 Å². The lowest BCUT2D eigenvalue weighted by Crippen LogP contribution is -2.33. The summed E-state index contributed by atoms with van der Waals surface area (Å²) in [6.07, 6.45) is 1.00. The van der Waals surface area contributed by atoms with Crippen molar-refractivity contribution < 1.29 is 9.84 Å². The molecule has 1 heterocycles. The lowest BCUT2D eigenvalue weighted by Gasteiger charge is -2.26. The molecule has 0 aliphatic carbocycles. The van der Waals surface area contributed by atoms with Gasteiger partial charge >= 0.3 is 0 Å². The Labute approximate surface area is 102 Å². The zero-order valence-electron chi connectivity index (χ0n) is 10.9. The summed E-state index contributed by atoms with van der Waals surface area (Å²) in [5, 5.41) is 13.0. The topological polar surface area (TPSA) is 67.3 Å². The molecule has 0 saturated carbocycles. The summed E-state index contributed by atoms with van der Waals surface area (Å²) in [4.78, 5) is 8.03. The van der Waals surface area contributed by atoms with Crippen LogP contribution in [0.4, 0.5) is 5.82 Å². The van der Waals surface area contributed by atoms with E-state index < -0.39 is 6.10 Å². The van der Waals surface area contributed by atoms with Crippen molar-refractivity contribution in [2.24, 2.45) is 5.41 Å². The number of nitrogens with one attached hydrogen (secondary N) is 1. The van der Waals surface area contributed by atoms with Crippen LogP contribution in [0.3, 0.4) is 0 Å². The van der Waals surface area contributed by atoms with Crippen LogP contribution in [0.1, 0.15) is 27.7 Å². The molecule has 17 heavy (non-hydrogen) atoms. The molecule has 5 heteroatoms. The largest absolute Gasteiger partial charge is 0.478 e. The van der Waals surface area contributed by atoms with Gasteiger partial charge in [0.25, 0.3) is 0 Å². The molecule has 0 fully saturated rings. The van der Waals surface area contributed by atoms with Crippen molar-refractivity contribution in [2.45, 2.75) is 33.8 Å². The molecule has 0 aromatic carbocycles. The molecule has 0 saturated heterocycles. The Hall–Kier alpha value is -1.36. The number of anilines is 1. The maximum absolute atomic E-state index is 9.88. The molecule has 1 atom stereocenters. The molecule has 1 aromatic rings. The normalized spacial score (nSPS) is 13.2. The third-order valence-electron chi connectivity index (χ3n) is 2.41. The summed E-state index contributed by atoms with van der Waals surface area (Å²) >= 11 is 0. The first kappa shape index (κ1) is 13.7. The predicted octanol–water partition coefficient (Wildman–Crippen LogP) is 1.69. The zero-order chi connectivity index (χ0) is 12.9. The maximum Gasteiger partial charge on any atom is 0.218 e. The van der Waals surface area contributed by atoms with Crippen LogP contribution in [0.5, 0.6) is 5.88 Å². The van der Waals surface area contributed by atoms with E-state index in [0.29, 0.717) is 24.8 Å². The van der Waals surface area contributed by atoms with E-state index in [1.165, 1.54) is 6.33 Å². The number of nitrogens with zero attached hydrogens (tertiary/aromatic N) is 2. The Morgan fingerprint density at radius 3 is 2.71 bits per heavy atom. The summed E-state index contributed by atoms with van der Waals surface area (Å²) in [7, 11) is 0. The highest BCUT2D eigenvalue weighted by Gasteiger charge is 2.21. The van der Waals surface area contributed by atoms with E-state index in [1.807, 2.05) is 27.7 Å². The molecule has 0 bridgehead atoms. The van der Waals surface area contributed by atoms with Crippen molar-refractivity contribution in [1.29, 1.82) is 0 Å². The Morgan fingerprint density at radius 1 is 1.41 bits per heavy atom. The Bertz CT molecular complexity index is 350. The molecule has 0 spiro atoms. The van der Waals surface area contributed by atoms with Crippen LogP contribution in [0.25, 0.3) is 0 Å². The Morgan fingerprint density at radius 2 is 2.12 bits per heavy atom. The smallest absolute Gasteiger partial charge is 0.218 e. The monoisotopic (exact) mass is 239 g/mol. The van der Waals surface area contributed by atoms with Crippen molar-refractivity contribution in [2.75, 3.05) is 18.5 Å². The minimum Gasteiger partial charge on any atom is -0.478 e. The molecule has 0 radical (unpaired) electrons. The minimum absolute atomic E-state index is 0.150. The second kappa shape index (κ2) is 5.82. The van der Waals surface area contributed by atoms with Gasteiger partial charge in [0, 0.05) is 12.6 Å². The second-order valence-corrected chi connectivity index (χ2v) is 4.94. The number of aliphatic hydroxyl groups is 1. The quantitative estimate of drug-likeness (QED) is 0.818. The van der Waals surface area contributed by atoms with Crippen LogP contribution in [0.15, 0.2) is 12.4 Å². The van der Waals surface area contributed by atoms with E-state index in [1.54, 1.807) is 6.07 Å². The fourth-order valence-corrected chi connectivity index (χ4v) is 1.17. The summed E-state index contributed by atoms with van der Waals surface area (Å²) in [6.45, 7) is 8.90.